The molecule has 4 N–H and O–H groups in total. The average Bonchev–Trinajstić information content (AvgIpc) is 3.42. The number of amides is 1. The first kappa shape index (κ1) is 25.0. The number of aliphatic hydroxyl groups excluding tert-OH is 2. The third-order valence-electron chi connectivity index (χ3n) is 5.09. The molecule has 0 bridgehead atoms. The normalized spacial score (nSPS) is 16.3. The number of rotatable bonds is 11. The average molecular weight is 478 g/mol. The summed E-state index contributed by atoms with van der Waals surface area (Å²) in [5.74, 6) is 1.62. The Labute approximate surface area is 197 Å². The maximum Gasteiger partial charge on any atom is 0.245 e. The molecular formula is C23H31N3O6S. The molecule has 0 aliphatic carbocycles. The van der Waals surface area contributed by atoms with Crippen LogP contribution in [0, 0.1) is 12.8 Å². The van der Waals surface area contributed by atoms with Gasteiger partial charge in [-0.25, -0.2) is 15.3 Å². The van der Waals surface area contributed by atoms with Crippen LogP contribution in [0.5, 0.6) is 11.5 Å². The van der Waals surface area contributed by atoms with Crippen LogP contribution in [-0.2, 0) is 16.1 Å². The van der Waals surface area contributed by atoms with Gasteiger partial charge in [0, 0.05) is 12.6 Å². The Balaban J connectivity index is 1.67. The number of hydroxylamine groups is 1. The van der Waals surface area contributed by atoms with Crippen molar-refractivity contribution >= 4 is 23.1 Å². The molecule has 10 heteroatoms. The van der Waals surface area contributed by atoms with E-state index in [9.17, 15) is 9.90 Å². The molecule has 180 valence electrons. The van der Waals surface area contributed by atoms with Gasteiger partial charge in [0.2, 0.25) is 12.1 Å². The number of aliphatic imine (C=N–C) groups is 1. The number of carbonyl (C=O) groups is 1. The Hall–Kier alpha value is -2.66. The van der Waals surface area contributed by atoms with Gasteiger partial charge in [-0.2, -0.15) is 0 Å². The lowest BCUT2D eigenvalue weighted by atomic mass is 10.0. The molecule has 9 nitrogen and oxygen atoms in total. The van der Waals surface area contributed by atoms with E-state index in [4.69, 9.17) is 24.4 Å². The Bertz CT molecular complexity index is 991. The van der Waals surface area contributed by atoms with Gasteiger partial charge in [0.25, 0.3) is 0 Å². The topological polar surface area (TPSA) is 122 Å². The molecule has 2 unspecified atom stereocenters. The van der Waals surface area contributed by atoms with E-state index in [-0.39, 0.29) is 13.2 Å². The van der Waals surface area contributed by atoms with Crippen LogP contribution < -0.4 is 20.3 Å². The summed E-state index contributed by atoms with van der Waals surface area (Å²) in [6.07, 6.45) is -0.316. The highest BCUT2D eigenvalue weighted by atomic mass is 32.1. The van der Waals surface area contributed by atoms with Gasteiger partial charge >= 0.3 is 0 Å². The Morgan fingerprint density at radius 3 is 2.88 bits per heavy atom. The first-order chi connectivity index (χ1) is 15.8. The fourth-order valence-corrected chi connectivity index (χ4v) is 4.44. The van der Waals surface area contributed by atoms with Crippen molar-refractivity contribution in [1.29, 1.82) is 0 Å². The third-order valence-corrected chi connectivity index (χ3v) is 6.26. The molecule has 1 aliphatic rings. The summed E-state index contributed by atoms with van der Waals surface area (Å²) < 4.78 is 11.1. The maximum atomic E-state index is 11.1. The summed E-state index contributed by atoms with van der Waals surface area (Å²) in [5.41, 5.74) is 6.18. The molecule has 33 heavy (non-hydrogen) atoms. The van der Waals surface area contributed by atoms with Crippen LogP contribution in [0.15, 0.2) is 28.6 Å². The lowest BCUT2D eigenvalue weighted by molar-refractivity contribution is -0.124. The number of nitrogens with zero attached hydrogens (tertiary/aromatic N) is 1. The number of ether oxygens (including phenoxy) is 2. The van der Waals surface area contributed by atoms with Crippen molar-refractivity contribution in [1.82, 2.24) is 10.8 Å². The minimum atomic E-state index is -0.921. The highest BCUT2D eigenvalue weighted by molar-refractivity contribution is 7.10. The first-order valence-electron chi connectivity index (χ1n) is 10.8. The number of thiophene rings is 1. The predicted molar refractivity (Wildman–Crippen MR) is 126 cm³/mol. The highest BCUT2D eigenvalue weighted by Gasteiger charge is 2.26. The SMILES string of the molecule is COc1cc(OCC(O)CNC(=O)CO)ccc1C1=NC(c2scc(CC(C)C)c2C)ON1. The fourth-order valence-electron chi connectivity index (χ4n) is 3.37. The predicted octanol–water partition coefficient (Wildman–Crippen LogP) is 2.09. The van der Waals surface area contributed by atoms with Gasteiger partial charge in [0.15, 0.2) is 5.84 Å². The molecule has 2 heterocycles. The number of nitrogens with one attached hydrogen (secondary N) is 2. The number of hydrogen-bond acceptors (Lipinski definition) is 9. The second-order valence-electron chi connectivity index (χ2n) is 8.19. The number of aliphatic hydroxyl groups is 2. The van der Waals surface area contributed by atoms with E-state index in [0.29, 0.717) is 23.3 Å². The van der Waals surface area contributed by atoms with Gasteiger partial charge in [0.05, 0.1) is 17.6 Å². The highest BCUT2D eigenvalue weighted by Crippen LogP contribution is 2.35. The van der Waals surface area contributed by atoms with Crippen molar-refractivity contribution in [3.05, 3.63) is 45.1 Å². The van der Waals surface area contributed by atoms with Gasteiger partial charge in [-0.1, -0.05) is 13.8 Å². The summed E-state index contributed by atoms with van der Waals surface area (Å²) in [5, 5.41) is 23.2. The maximum absolute atomic E-state index is 11.1. The molecule has 3 rings (SSSR count). The zero-order chi connectivity index (χ0) is 24.0. The minimum absolute atomic E-state index is 0.0188. The zero-order valence-electron chi connectivity index (χ0n) is 19.3. The second kappa shape index (κ2) is 11.5. The van der Waals surface area contributed by atoms with Crippen molar-refractivity contribution in [2.45, 2.75) is 39.5 Å². The van der Waals surface area contributed by atoms with Crippen molar-refractivity contribution < 1.29 is 29.3 Å². The van der Waals surface area contributed by atoms with Crippen LogP contribution in [0.1, 0.15) is 41.6 Å². The molecule has 1 aromatic carbocycles. The largest absolute Gasteiger partial charge is 0.496 e. The van der Waals surface area contributed by atoms with Crippen LogP contribution in [0.25, 0.3) is 0 Å². The molecular weight excluding hydrogens is 446 g/mol. The smallest absolute Gasteiger partial charge is 0.245 e. The quantitative estimate of drug-likeness (QED) is 0.391. The summed E-state index contributed by atoms with van der Waals surface area (Å²) >= 11 is 1.65. The van der Waals surface area contributed by atoms with Crippen LogP contribution >= 0.6 is 11.3 Å². The molecule has 0 spiro atoms. The number of methoxy groups -OCH3 is 1. The molecule has 0 saturated carbocycles. The van der Waals surface area contributed by atoms with Crippen molar-refractivity contribution in [2.75, 3.05) is 26.9 Å². The van der Waals surface area contributed by atoms with Crippen LogP contribution in [0.2, 0.25) is 0 Å². The van der Waals surface area contributed by atoms with E-state index in [0.717, 1.165) is 16.9 Å². The standard InChI is InChI=1S/C23H31N3O6S/c1-13(2)7-15-12-33-21(14(15)3)23-25-22(26-32-23)18-6-5-17(8-19(18)30-4)31-11-16(28)9-24-20(29)10-27/h5-6,8,12-13,16,23,27-28H,7,9-11H2,1-4H3,(H,24,29)(H,25,26). The summed E-state index contributed by atoms with van der Waals surface area (Å²) in [4.78, 5) is 22.6. The molecule has 1 aliphatic heterocycles. The first-order valence-corrected chi connectivity index (χ1v) is 11.6. The van der Waals surface area contributed by atoms with E-state index in [1.807, 2.05) is 0 Å². The van der Waals surface area contributed by atoms with E-state index >= 15 is 0 Å². The molecule has 1 aromatic heterocycles. The Kier molecular flexibility index (Phi) is 8.67. The zero-order valence-corrected chi connectivity index (χ0v) is 20.1. The van der Waals surface area contributed by atoms with E-state index in [1.165, 1.54) is 11.1 Å². The lowest BCUT2D eigenvalue weighted by Gasteiger charge is -2.14. The summed E-state index contributed by atoms with van der Waals surface area (Å²) in [7, 11) is 1.55. The van der Waals surface area contributed by atoms with Crippen molar-refractivity contribution in [3.8, 4) is 11.5 Å². The van der Waals surface area contributed by atoms with E-state index in [1.54, 1.807) is 36.6 Å². The fraction of sp³-hybridized carbons (Fsp3) is 0.478. The molecule has 0 radical (unpaired) electrons. The molecule has 0 fully saturated rings. The Morgan fingerprint density at radius 2 is 2.18 bits per heavy atom. The summed E-state index contributed by atoms with van der Waals surface area (Å²) in [6, 6.07) is 5.24. The van der Waals surface area contributed by atoms with Gasteiger partial charge < -0.3 is 25.0 Å². The monoisotopic (exact) mass is 477 g/mol. The third kappa shape index (κ3) is 6.44. The number of amidine groups is 1. The van der Waals surface area contributed by atoms with Crippen molar-refractivity contribution in [2.24, 2.45) is 10.9 Å². The van der Waals surface area contributed by atoms with Crippen LogP contribution in [0.3, 0.4) is 0 Å². The second-order valence-corrected chi connectivity index (χ2v) is 9.10. The van der Waals surface area contributed by atoms with Crippen LogP contribution in [-0.4, -0.2) is 54.9 Å². The minimum Gasteiger partial charge on any atom is -0.496 e. The van der Waals surface area contributed by atoms with Gasteiger partial charge in [-0.15, -0.1) is 11.3 Å². The number of benzene rings is 1. The van der Waals surface area contributed by atoms with Crippen molar-refractivity contribution in [3.63, 3.8) is 0 Å². The molecule has 2 atom stereocenters. The van der Waals surface area contributed by atoms with E-state index < -0.39 is 24.8 Å². The van der Waals surface area contributed by atoms with E-state index in [2.05, 4.69) is 36.9 Å². The molecule has 0 saturated heterocycles. The number of hydrogen-bond donors (Lipinski definition) is 4. The van der Waals surface area contributed by atoms with Gasteiger partial charge in [0.1, 0.15) is 30.8 Å². The van der Waals surface area contributed by atoms with Crippen LogP contribution in [0.4, 0.5) is 0 Å². The molecule has 2 aromatic rings. The molecule has 1 amide bonds. The summed E-state index contributed by atoms with van der Waals surface area (Å²) in [6.45, 7) is 5.84. The Morgan fingerprint density at radius 1 is 1.39 bits per heavy atom. The number of carbonyl (C=O) groups excluding carboxylic acids is 1. The van der Waals surface area contributed by atoms with Gasteiger partial charge in [-0.3, -0.25) is 4.79 Å². The van der Waals surface area contributed by atoms with Gasteiger partial charge in [-0.05, 0) is 47.9 Å². The lowest BCUT2D eigenvalue weighted by Crippen LogP contribution is -2.36.